The topological polar surface area (TPSA) is 56.3 Å². The van der Waals surface area contributed by atoms with Crippen LogP contribution in [-0.4, -0.2) is 29.3 Å². The number of halogens is 3. The molecule has 0 saturated carbocycles. The number of anilines is 2. The zero-order valence-electron chi connectivity index (χ0n) is 13.4. The number of hydrogen-bond donors (Lipinski definition) is 1. The van der Waals surface area contributed by atoms with Gasteiger partial charge in [-0.05, 0) is 12.1 Å². The summed E-state index contributed by atoms with van der Waals surface area (Å²) >= 11 is 0.937. The SMILES string of the molecule is FC(F)(F)c1csc2ncnc(Nc3ccccc3OC3CCOC3)c12. The minimum absolute atomic E-state index is 0.0380. The van der Waals surface area contributed by atoms with E-state index in [0.29, 0.717) is 24.7 Å². The number of benzene rings is 1. The largest absolute Gasteiger partial charge is 0.486 e. The van der Waals surface area contributed by atoms with E-state index in [1.54, 1.807) is 24.3 Å². The summed E-state index contributed by atoms with van der Waals surface area (Å²) in [6, 6.07) is 7.07. The Morgan fingerprint density at radius 2 is 2.08 bits per heavy atom. The van der Waals surface area contributed by atoms with Gasteiger partial charge in [0.1, 0.15) is 28.8 Å². The second kappa shape index (κ2) is 6.73. The van der Waals surface area contributed by atoms with Gasteiger partial charge < -0.3 is 14.8 Å². The van der Waals surface area contributed by atoms with Crippen LogP contribution in [0.1, 0.15) is 12.0 Å². The first kappa shape index (κ1) is 17.0. The fourth-order valence-corrected chi connectivity index (χ4v) is 3.68. The molecule has 1 saturated heterocycles. The number of thiophene rings is 1. The Morgan fingerprint density at radius 1 is 1.23 bits per heavy atom. The molecule has 1 aliphatic heterocycles. The Bertz CT molecular complexity index is 923. The lowest BCUT2D eigenvalue weighted by molar-refractivity contribution is -0.136. The molecule has 1 atom stereocenters. The highest BCUT2D eigenvalue weighted by Crippen LogP contribution is 2.41. The monoisotopic (exact) mass is 381 g/mol. The summed E-state index contributed by atoms with van der Waals surface area (Å²) in [6.45, 7) is 1.13. The van der Waals surface area contributed by atoms with Crippen molar-refractivity contribution < 1.29 is 22.6 Å². The van der Waals surface area contributed by atoms with Crippen LogP contribution in [-0.2, 0) is 10.9 Å². The van der Waals surface area contributed by atoms with E-state index >= 15 is 0 Å². The molecule has 4 rings (SSSR count). The molecule has 0 aliphatic carbocycles. The molecule has 3 heterocycles. The van der Waals surface area contributed by atoms with Gasteiger partial charge in [-0.1, -0.05) is 12.1 Å². The van der Waals surface area contributed by atoms with Crippen LogP contribution in [0.25, 0.3) is 10.2 Å². The molecule has 2 aromatic heterocycles. The zero-order chi connectivity index (χ0) is 18.1. The maximum atomic E-state index is 13.3. The van der Waals surface area contributed by atoms with Crippen LogP contribution in [0, 0.1) is 0 Å². The molecule has 3 aromatic rings. The van der Waals surface area contributed by atoms with E-state index < -0.39 is 11.7 Å². The summed E-state index contributed by atoms with van der Waals surface area (Å²) in [6.07, 6.45) is -2.53. The summed E-state index contributed by atoms with van der Waals surface area (Å²) in [5.41, 5.74) is -0.207. The van der Waals surface area contributed by atoms with Gasteiger partial charge in [-0.25, -0.2) is 9.97 Å². The molecule has 1 aliphatic rings. The van der Waals surface area contributed by atoms with Gasteiger partial charge in [0.25, 0.3) is 0 Å². The number of alkyl halides is 3. The predicted molar refractivity (Wildman–Crippen MR) is 92.0 cm³/mol. The third-order valence-electron chi connectivity index (χ3n) is 4.00. The predicted octanol–water partition coefficient (Wildman–Crippen LogP) is 4.62. The van der Waals surface area contributed by atoms with Crippen LogP contribution < -0.4 is 10.1 Å². The maximum absolute atomic E-state index is 13.3. The Morgan fingerprint density at radius 3 is 2.85 bits per heavy atom. The Kier molecular flexibility index (Phi) is 4.41. The van der Waals surface area contributed by atoms with Crippen molar-refractivity contribution in [2.45, 2.75) is 18.7 Å². The lowest BCUT2D eigenvalue weighted by atomic mass is 10.2. The number of rotatable bonds is 4. The molecule has 0 bridgehead atoms. The standard InChI is InChI=1S/C17H14F3N3O2S/c18-17(19,20)11-8-26-16-14(11)15(21-9-22-16)23-12-3-1-2-4-13(12)25-10-5-6-24-7-10/h1-4,8-10H,5-7H2,(H,21,22,23). The van der Waals surface area contributed by atoms with Gasteiger partial charge in [-0.2, -0.15) is 13.2 Å². The van der Waals surface area contributed by atoms with Gasteiger partial charge in [-0.15, -0.1) is 11.3 Å². The molecule has 9 heteroatoms. The van der Waals surface area contributed by atoms with Crippen molar-refractivity contribution in [2.24, 2.45) is 0 Å². The van der Waals surface area contributed by atoms with E-state index in [1.807, 2.05) is 0 Å². The second-order valence-electron chi connectivity index (χ2n) is 5.77. The number of hydrogen-bond acceptors (Lipinski definition) is 6. The minimum Gasteiger partial charge on any atom is -0.486 e. The molecule has 1 aromatic carbocycles. The van der Waals surface area contributed by atoms with Gasteiger partial charge in [-0.3, -0.25) is 0 Å². The highest BCUT2D eigenvalue weighted by atomic mass is 32.1. The summed E-state index contributed by atoms with van der Waals surface area (Å²) in [5.74, 6) is 0.640. The van der Waals surface area contributed by atoms with E-state index in [1.165, 1.54) is 6.33 Å². The number of para-hydroxylation sites is 2. The van der Waals surface area contributed by atoms with Crippen molar-refractivity contribution in [3.05, 3.63) is 41.5 Å². The summed E-state index contributed by atoms with van der Waals surface area (Å²) in [7, 11) is 0. The fraction of sp³-hybridized carbons (Fsp3) is 0.294. The van der Waals surface area contributed by atoms with E-state index in [-0.39, 0.29) is 22.1 Å². The number of nitrogens with one attached hydrogen (secondary N) is 1. The van der Waals surface area contributed by atoms with Crippen molar-refractivity contribution in [3.63, 3.8) is 0 Å². The Hall–Kier alpha value is -2.39. The van der Waals surface area contributed by atoms with Gasteiger partial charge in [0.05, 0.1) is 29.9 Å². The first-order valence-electron chi connectivity index (χ1n) is 7.92. The molecule has 0 amide bonds. The van der Waals surface area contributed by atoms with Crippen LogP contribution >= 0.6 is 11.3 Å². The van der Waals surface area contributed by atoms with Crippen molar-refractivity contribution in [1.82, 2.24) is 9.97 Å². The van der Waals surface area contributed by atoms with E-state index in [9.17, 15) is 13.2 Å². The molecule has 0 spiro atoms. The van der Waals surface area contributed by atoms with Crippen molar-refractivity contribution in [1.29, 1.82) is 0 Å². The first-order valence-corrected chi connectivity index (χ1v) is 8.80. The molecule has 5 nitrogen and oxygen atoms in total. The maximum Gasteiger partial charge on any atom is 0.418 e. The quantitative estimate of drug-likeness (QED) is 0.715. The summed E-state index contributed by atoms with van der Waals surface area (Å²) < 4.78 is 51.1. The van der Waals surface area contributed by atoms with Crippen LogP contribution in [0.15, 0.2) is 36.0 Å². The van der Waals surface area contributed by atoms with Crippen LogP contribution in [0.3, 0.4) is 0 Å². The highest BCUT2D eigenvalue weighted by molar-refractivity contribution is 7.17. The third kappa shape index (κ3) is 3.32. The number of ether oxygens (including phenoxy) is 2. The molecule has 136 valence electrons. The third-order valence-corrected chi connectivity index (χ3v) is 4.88. The van der Waals surface area contributed by atoms with E-state index in [0.717, 1.165) is 23.1 Å². The van der Waals surface area contributed by atoms with Crippen LogP contribution in [0.5, 0.6) is 5.75 Å². The molecule has 26 heavy (non-hydrogen) atoms. The van der Waals surface area contributed by atoms with Crippen molar-refractivity contribution in [2.75, 3.05) is 18.5 Å². The van der Waals surface area contributed by atoms with E-state index in [2.05, 4.69) is 15.3 Å². The second-order valence-corrected chi connectivity index (χ2v) is 6.63. The smallest absolute Gasteiger partial charge is 0.418 e. The number of nitrogens with zero attached hydrogens (tertiary/aromatic N) is 2. The molecule has 1 unspecified atom stereocenters. The Labute approximate surface area is 150 Å². The summed E-state index contributed by atoms with van der Waals surface area (Å²) in [4.78, 5) is 8.24. The average molecular weight is 381 g/mol. The lowest BCUT2D eigenvalue weighted by Crippen LogP contribution is -2.16. The van der Waals surface area contributed by atoms with E-state index in [4.69, 9.17) is 9.47 Å². The van der Waals surface area contributed by atoms with Gasteiger partial charge in [0, 0.05) is 11.8 Å². The van der Waals surface area contributed by atoms with Gasteiger partial charge in [0.15, 0.2) is 0 Å². The molecular formula is C17H14F3N3O2S. The number of aromatic nitrogens is 2. The summed E-state index contributed by atoms with van der Waals surface area (Å²) in [5, 5.41) is 4.00. The normalized spacial score (nSPS) is 17.6. The minimum atomic E-state index is -4.48. The van der Waals surface area contributed by atoms with Gasteiger partial charge >= 0.3 is 6.18 Å². The first-order chi connectivity index (χ1) is 12.5. The fourth-order valence-electron chi connectivity index (χ4n) is 2.76. The number of fused-ring (bicyclic) bond motifs is 1. The van der Waals surface area contributed by atoms with Gasteiger partial charge in [0.2, 0.25) is 0 Å². The molecular weight excluding hydrogens is 367 g/mol. The Balaban J connectivity index is 1.71. The van der Waals surface area contributed by atoms with Crippen LogP contribution in [0.2, 0.25) is 0 Å². The molecule has 1 fully saturated rings. The molecule has 0 radical (unpaired) electrons. The van der Waals surface area contributed by atoms with Crippen molar-refractivity contribution in [3.8, 4) is 5.75 Å². The zero-order valence-corrected chi connectivity index (χ0v) is 14.2. The lowest BCUT2D eigenvalue weighted by Gasteiger charge is -2.17. The van der Waals surface area contributed by atoms with Crippen LogP contribution in [0.4, 0.5) is 24.7 Å². The molecule has 1 N–H and O–H groups in total. The van der Waals surface area contributed by atoms with Crippen molar-refractivity contribution >= 4 is 33.1 Å². The average Bonchev–Trinajstić information content (AvgIpc) is 3.26. The highest BCUT2D eigenvalue weighted by Gasteiger charge is 2.35.